The number of hydrazine groups is 1. The number of hydrogen-bond acceptors (Lipinski definition) is 4. The van der Waals surface area contributed by atoms with E-state index in [2.05, 4.69) is 10.9 Å². The number of aryl methyl sites for hydroxylation is 2. The van der Waals surface area contributed by atoms with E-state index in [1.165, 1.54) is 0 Å². The molecule has 154 valence electrons. The van der Waals surface area contributed by atoms with Gasteiger partial charge in [0.1, 0.15) is 11.5 Å². The van der Waals surface area contributed by atoms with Gasteiger partial charge in [0.2, 0.25) is 0 Å². The third kappa shape index (κ3) is 5.85. The standard InChI is InChI=1S/C24H24N2O4/c1-17-12-13-21(18(2)14-17)29-15-23(27)25-26-24(28)16-30-22-11-7-6-10-20(22)19-8-4-3-5-9-19/h3-14H,15-16H2,1-2H3,(H,25,27)(H,26,28). The second-order valence-corrected chi connectivity index (χ2v) is 6.80. The maximum absolute atomic E-state index is 12.0. The zero-order valence-electron chi connectivity index (χ0n) is 17.0. The van der Waals surface area contributed by atoms with Gasteiger partial charge in [-0.25, -0.2) is 0 Å². The summed E-state index contributed by atoms with van der Waals surface area (Å²) in [5, 5.41) is 0. The molecular weight excluding hydrogens is 380 g/mol. The highest BCUT2D eigenvalue weighted by Gasteiger charge is 2.10. The highest BCUT2D eigenvalue weighted by molar-refractivity contribution is 5.83. The van der Waals surface area contributed by atoms with Gasteiger partial charge in [0.05, 0.1) is 0 Å². The first kappa shape index (κ1) is 20.9. The Hall–Kier alpha value is -3.80. The summed E-state index contributed by atoms with van der Waals surface area (Å²) in [4.78, 5) is 24.0. The third-order valence-corrected chi connectivity index (χ3v) is 4.36. The van der Waals surface area contributed by atoms with Crippen LogP contribution in [-0.4, -0.2) is 25.0 Å². The molecule has 6 heteroatoms. The van der Waals surface area contributed by atoms with E-state index in [4.69, 9.17) is 9.47 Å². The summed E-state index contributed by atoms with van der Waals surface area (Å²) < 4.78 is 11.1. The summed E-state index contributed by atoms with van der Waals surface area (Å²) in [7, 11) is 0. The van der Waals surface area contributed by atoms with E-state index in [0.29, 0.717) is 11.5 Å². The number of ether oxygens (including phenoxy) is 2. The average molecular weight is 404 g/mol. The lowest BCUT2D eigenvalue weighted by Crippen LogP contribution is -2.45. The second-order valence-electron chi connectivity index (χ2n) is 6.80. The Morgan fingerprint density at radius 2 is 1.33 bits per heavy atom. The van der Waals surface area contributed by atoms with Crippen LogP contribution in [-0.2, 0) is 9.59 Å². The lowest BCUT2D eigenvalue weighted by Gasteiger charge is -2.13. The Morgan fingerprint density at radius 3 is 2.00 bits per heavy atom. The van der Waals surface area contributed by atoms with E-state index in [9.17, 15) is 9.59 Å². The lowest BCUT2D eigenvalue weighted by atomic mass is 10.1. The first-order valence-electron chi connectivity index (χ1n) is 9.58. The van der Waals surface area contributed by atoms with Crippen LogP contribution in [0.3, 0.4) is 0 Å². The summed E-state index contributed by atoms with van der Waals surface area (Å²) in [6.45, 7) is 3.45. The number of para-hydroxylation sites is 1. The predicted molar refractivity (Wildman–Crippen MR) is 115 cm³/mol. The minimum atomic E-state index is -0.474. The van der Waals surface area contributed by atoms with Crippen molar-refractivity contribution in [2.45, 2.75) is 13.8 Å². The van der Waals surface area contributed by atoms with Crippen molar-refractivity contribution < 1.29 is 19.1 Å². The van der Waals surface area contributed by atoms with Crippen LogP contribution in [0, 0.1) is 13.8 Å². The zero-order valence-corrected chi connectivity index (χ0v) is 17.0. The summed E-state index contributed by atoms with van der Waals surface area (Å²) in [5.74, 6) is 0.275. The minimum Gasteiger partial charge on any atom is -0.483 e. The normalized spacial score (nSPS) is 10.2. The number of rotatable bonds is 7. The molecule has 3 aromatic carbocycles. The SMILES string of the molecule is Cc1ccc(OCC(=O)NNC(=O)COc2ccccc2-c2ccccc2)c(C)c1. The Balaban J connectivity index is 1.46. The molecule has 0 saturated heterocycles. The van der Waals surface area contributed by atoms with Crippen molar-refractivity contribution in [2.75, 3.05) is 13.2 Å². The molecule has 30 heavy (non-hydrogen) atoms. The first-order chi connectivity index (χ1) is 14.5. The van der Waals surface area contributed by atoms with Gasteiger partial charge in [0.15, 0.2) is 13.2 Å². The fourth-order valence-corrected chi connectivity index (χ4v) is 2.91. The van der Waals surface area contributed by atoms with E-state index in [1.807, 2.05) is 80.6 Å². The minimum absolute atomic E-state index is 0.206. The molecule has 0 fully saturated rings. The van der Waals surface area contributed by atoms with Gasteiger partial charge in [-0.05, 0) is 37.1 Å². The third-order valence-electron chi connectivity index (χ3n) is 4.36. The van der Waals surface area contributed by atoms with Crippen molar-refractivity contribution in [3.63, 3.8) is 0 Å². The first-order valence-corrected chi connectivity index (χ1v) is 9.58. The monoisotopic (exact) mass is 404 g/mol. The number of carbonyl (C=O) groups is 2. The van der Waals surface area contributed by atoms with Crippen LogP contribution in [0.4, 0.5) is 0 Å². The molecule has 0 aliphatic rings. The molecule has 0 unspecified atom stereocenters. The van der Waals surface area contributed by atoms with Gasteiger partial charge in [-0.15, -0.1) is 0 Å². The number of benzene rings is 3. The van der Waals surface area contributed by atoms with Gasteiger partial charge in [0.25, 0.3) is 11.8 Å². The average Bonchev–Trinajstić information content (AvgIpc) is 2.76. The van der Waals surface area contributed by atoms with Gasteiger partial charge in [-0.3, -0.25) is 20.4 Å². The summed E-state index contributed by atoms with van der Waals surface area (Å²) in [5.41, 5.74) is 8.59. The van der Waals surface area contributed by atoms with E-state index < -0.39 is 11.8 Å². The number of carbonyl (C=O) groups excluding carboxylic acids is 2. The van der Waals surface area contributed by atoms with Crippen LogP contribution in [0.2, 0.25) is 0 Å². The predicted octanol–water partition coefficient (Wildman–Crippen LogP) is 3.58. The quantitative estimate of drug-likeness (QED) is 0.590. The molecule has 0 saturated carbocycles. The fraction of sp³-hybridized carbons (Fsp3) is 0.167. The Kier molecular flexibility index (Phi) is 7.05. The molecule has 0 atom stereocenters. The molecule has 2 amide bonds. The smallest absolute Gasteiger partial charge is 0.276 e. The van der Waals surface area contributed by atoms with E-state index in [1.54, 1.807) is 6.07 Å². The van der Waals surface area contributed by atoms with Crippen molar-refractivity contribution in [1.29, 1.82) is 0 Å². The zero-order chi connectivity index (χ0) is 21.3. The van der Waals surface area contributed by atoms with Crippen LogP contribution in [0.15, 0.2) is 72.8 Å². The maximum atomic E-state index is 12.0. The molecule has 0 radical (unpaired) electrons. The maximum Gasteiger partial charge on any atom is 0.276 e. The number of nitrogens with one attached hydrogen (secondary N) is 2. The van der Waals surface area contributed by atoms with Gasteiger partial charge >= 0.3 is 0 Å². The molecule has 3 rings (SSSR count). The molecule has 0 spiro atoms. The molecule has 0 bridgehead atoms. The summed E-state index contributed by atoms with van der Waals surface area (Å²) >= 11 is 0. The molecular formula is C24H24N2O4. The van der Waals surface area contributed by atoms with E-state index in [0.717, 1.165) is 22.3 Å². The fourth-order valence-electron chi connectivity index (χ4n) is 2.91. The second kappa shape index (κ2) is 10.1. The van der Waals surface area contributed by atoms with Gasteiger partial charge in [-0.1, -0.05) is 66.2 Å². The highest BCUT2D eigenvalue weighted by atomic mass is 16.5. The Labute approximate surface area is 175 Å². The summed E-state index contributed by atoms with van der Waals surface area (Å²) in [6, 6.07) is 22.9. The highest BCUT2D eigenvalue weighted by Crippen LogP contribution is 2.29. The Bertz CT molecular complexity index is 1020. The van der Waals surface area contributed by atoms with Crippen molar-refractivity contribution >= 4 is 11.8 Å². The Morgan fingerprint density at radius 1 is 0.733 bits per heavy atom. The molecule has 0 aromatic heterocycles. The van der Waals surface area contributed by atoms with Crippen LogP contribution >= 0.6 is 0 Å². The van der Waals surface area contributed by atoms with E-state index in [-0.39, 0.29) is 13.2 Å². The van der Waals surface area contributed by atoms with Gasteiger partial charge < -0.3 is 9.47 Å². The van der Waals surface area contributed by atoms with Crippen LogP contribution < -0.4 is 20.3 Å². The van der Waals surface area contributed by atoms with Crippen LogP contribution in [0.1, 0.15) is 11.1 Å². The molecule has 6 nitrogen and oxygen atoms in total. The van der Waals surface area contributed by atoms with E-state index >= 15 is 0 Å². The topological polar surface area (TPSA) is 76.7 Å². The molecule has 0 aliphatic heterocycles. The van der Waals surface area contributed by atoms with Gasteiger partial charge in [0, 0.05) is 5.56 Å². The van der Waals surface area contributed by atoms with Crippen LogP contribution in [0.25, 0.3) is 11.1 Å². The molecule has 0 heterocycles. The molecule has 0 aliphatic carbocycles. The summed E-state index contributed by atoms with van der Waals surface area (Å²) in [6.07, 6.45) is 0. The number of hydrogen-bond donors (Lipinski definition) is 2. The number of amides is 2. The van der Waals surface area contributed by atoms with Crippen molar-refractivity contribution in [1.82, 2.24) is 10.9 Å². The molecule has 2 N–H and O–H groups in total. The van der Waals surface area contributed by atoms with Crippen molar-refractivity contribution in [2.24, 2.45) is 0 Å². The van der Waals surface area contributed by atoms with Crippen molar-refractivity contribution in [3.05, 3.63) is 83.9 Å². The largest absolute Gasteiger partial charge is 0.483 e. The van der Waals surface area contributed by atoms with Crippen molar-refractivity contribution in [3.8, 4) is 22.6 Å². The van der Waals surface area contributed by atoms with Crippen LogP contribution in [0.5, 0.6) is 11.5 Å². The molecule has 3 aromatic rings. The van der Waals surface area contributed by atoms with Gasteiger partial charge in [-0.2, -0.15) is 0 Å². The lowest BCUT2D eigenvalue weighted by molar-refractivity contribution is -0.131.